The molecule has 1 aliphatic heterocycles. The molecule has 2 aromatic rings. The highest BCUT2D eigenvalue weighted by atomic mass is 32.1. The van der Waals surface area contributed by atoms with Gasteiger partial charge in [-0.15, -0.1) is 16.4 Å². The minimum absolute atomic E-state index is 0.0142. The van der Waals surface area contributed by atoms with Gasteiger partial charge in [-0.25, -0.2) is 4.98 Å². The lowest BCUT2D eigenvalue weighted by atomic mass is 9.54. The number of esters is 1. The fourth-order valence-electron chi connectivity index (χ4n) is 5.73. The summed E-state index contributed by atoms with van der Waals surface area (Å²) in [5, 5.41) is 7.46. The van der Waals surface area contributed by atoms with Crippen molar-refractivity contribution in [1.82, 2.24) is 14.6 Å². The molecule has 1 amide bonds. The molecule has 0 radical (unpaired) electrons. The van der Waals surface area contributed by atoms with Crippen LogP contribution in [0.15, 0.2) is 0 Å². The van der Waals surface area contributed by atoms with Gasteiger partial charge in [-0.05, 0) is 43.1 Å². The van der Waals surface area contributed by atoms with Crippen molar-refractivity contribution < 1.29 is 14.3 Å². The Bertz CT molecular complexity index is 1000. The lowest BCUT2D eigenvalue weighted by Gasteiger charge is -2.51. The van der Waals surface area contributed by atoms with Crippen molar-refractivity contribution in [3.05, 3.63) is 21.1 Å². The van der Waals surface area contributed by atoms with Gasteiger partial charge in [0.2, 0.25) is 0 Å². The van der Waals surface area contributed by atoms with Crippen LogP contribution in [0.2, 0.25) is 0 Å². The van der Waals surface area contributed by atoms with Crippen LogP contribution in [0.25, 0.3) is 0 Å². The zero-order valence-electron chi connectivity index (χ0n) is 16.9. The molecule has 2 aromatic heterocycles. The summed E-state index contributed by atoms with van der Waals surface area (Å²) >= 11 is 2.66. The lowest BCUT2D eigenvalue weighted by Crippen LogP contribution is -2.50. The van der Waals surface area contributed by atoms with Crippen molar-refractivity contribution in [1.29, 1.82) is 0 Å². The van der Waals surface area contributed by atoms with E-state index in [0.717, 1.165) is 36.5 Å². The number of hydrogen-bond acceptors (Lipinski definition) is 8. The van der Waals surface area contributed by atoms with Crippen LogP contribution >= 0.6 is 22.9 Å². The predicted octanol–water partition coefficient (Wildman–Crippen LogP) is 3.81. The highest BCUT2D eigenvalue weighted by Crippen LogP contribution is 2.59. The quantitative estimate of drug-likeness (QED) is 0.725. The van der Waals surface area contributed by atoms with Crippen LogP contribution in [0.1, 0.15) is 65.5 Å². The molecule has 1 saturated carbocycles. The number of thiazole rings is 1. The van der Waals surface area contributed by atoms with Crippen molar-refractivity contribution in [2.45, 2.75) is 59.0 Å². The van der Waals surface area contributed by atoms with Gasteiger partial charge in [0.15, 0.2) is 5.13 Å². The number of aryl methyl sites for hydroxylation is 1. The summed E-state index contributed by atoms with van der Waals surface area (Å²) < 4.78 is 9.72. The number of fused-ring (bicyclic) bond motifs is 4. The first-order valence-corrected chi connectivity index (χ1v) is 11.7. The molecule has 1 saturated heterocycles. The van der Waals surface area contributed by atoms with Gasteiger partial charge in [0.25, 0.3) is 5.91 Å². The second kappa shape index (κ2) is 6.57. The zero-order chi connectivity index (χ0) is 20.5. The van der Waals surface area contributed by atoms with Crippen molar-refractivity contribution in [3.8, 4) is 0 Å². The molecule has 154 valence electrons. The first-order valence-electron chi connectivity index (χ1n) is 10.1. The molecule has 7 nitrogen and oxygen atoms in total. The summed E-state index contributed by atoms with van der Waals surface area (Å²) in [6.07, 6.45) is 3.02. The van der Waals surface area contributed by atoms with Crippen LogP contribution < -0.4 is 5.32 Å². The highest BCUT2D eigenvalue weighted by molar-refractivity contribution is 7.16. The number of carbonyl (C=O) groups excluding carboxylic acids is 2. The number of rotatable bonds is 2. The van der Waals surface area contributed by atoms with E-state index in [1.807, 2.05) is 6.92 Å². The van der Waals surface area contributed by atoms with Crippen molar-refractivity contribution in [3.63, 3.8) is 0 Å². The maximum Gasteiger partial charge on any atom is 0.309 e. The van der Waals surface area contributed by atoms with Gasteiger partial charge in [0.05, 0.1) is 17.3 Å². The minimum Gasteiger partial charge on any atom is -0.461 e. The Morgan fingerprint density at radius 2 is 2.10 bits per heavy atom. The van der Waals surface area contributed by atoms with Crippen LogP contribution in [-0.4, -0.2) is 32.6 Å². The predicted molar refractivity (Wildman–Crippen MR) is 110 cm³/mol. The summed E-state index contributed by atoms with van der Waals surface area (Å²) in [5.74, 6) is 0.481. The Balaban J connectivity index is 1.44. The van der Waals surface area contributed by atoms with E-state index in [0.29, 0.717) is 21.6 Å². The molecule has 3 aliphatic rings. The number of anilines is 1. The Morgan fingerprint density at radius 3 is 2.83 bits per heavy atom. The van der Waals surface area contributed by atoms with Crippen LogP contribution in [-0.2, 0) is 16.0 Å². The van der Waals surface area contributed by atoms with Crippen molar-refractivity contribution in [2.75, 3.05) is 5.32 Å². The Hall–Kier alpha value is -1.87. The average molecular weight is 433 g/mol. The van der Waals surface area contributed by atoms with E-state index in [-0.39, 0.29) is 41.1 Å². The van der Waals surface area contributed by atoms with E-state index in [1.165, 1.54) is 4.88 Å². The molecule has 6 atom stereocenters. The largest absolute Gasteiger partial charge is 0.461 e. The van der Waals surface area contributed by atoms with Gasteiger partial charge in [0, 0.05) is 22.6 Å². The van der Waals surface area contributed by atoms with E-state index in [9.17, 15) is 9.59 Å². The molecule has 0 unspecified atom stereocenters. The highest BCUT2D eigenvalue weighted by Gasteiger charge is 2.58. The van der Waals surface area contributed by atoms with Gasteiger partial charge >= 0.3 is 5.97 Å². The average Bonchev–Trinajstić information content (AvgIpc) is 3.33. The molecule has 9 heteroatoms. The first-order chi connectivity index (χ1) is 13.8. The number of aromatic nitrogens is 3. The third kappa shape index (κ3) is 2.84. The second-order valence-electron chi connectivity index (χ2n) is 9.01. The zero-order valence-corrected chi connectivity index (χ0v) is 18.5. The van der Waals surface area contributed by atoms with E-state index in [1.54, 1.807) is 18.3 Å². The van der Waals surface area contributed by atoms with E-state index < -0.39 is 0 Å². The number of nitrogens with zero attached hydrogens (tertiary/aromatic N) is 3. The maximum atomic E-state index is 12.6. The molecular formula is C20H24N4O3S2. The van der Waals surface area contributed by atoms with Gasteiger partial charge in [0.1, 0.15) is 11.0 Å². The summed E-state index contributed by atoms with van der Waals surface area (Å²) in [6.45, 7) is 8.30. The molecule has 0 aromatic carbocycles. The number of carbonyl (C=O) groups is 2. The number of ether oxygens (including phenoxy) is 1. The molecule has 2 aliphatic carbocycles. The van der Waals surface area contributed by atoms with Crippen molar-refractivity contribution in [2.24, 2.45) is 23.2 Å². The van der Waals surface area contributed by atoms with Gasteiger partial charge in [-0.3, -0.25) is 14.9 Å². The first kappa shape index (κ1) is 19.1. The Morgan fingerprint density at radius 1 is 1.31 bits per heavy atom. The fraction of sp³-hybridized carbons (Fsp3) is 0.650. The standard InChI is InChI=1S/C20H24N4O3S2/c1-8-11-5-6-20(4)7-12-14(9(2)13(20)15(11)27-18(8)26)21-19(28-12)22-17(25)16-10(3)23-24-29-16/h8-9,11,13,15H,5-7H2,1-4H3,(H,21,22,25)/t8-,9-,11-,13+,15-,20+/m0/s1. The van der Waals surface area contributed by atoms with Gasteiger partial charge in [-0.1, -0.05) is 25.3 Å². The molecule has 2 fully saturated rings. The van der Waals surface area contributed by atoms with E-state index in [2.05, 4.69) is 28.8 Å². The molecular weight excluding hydrogens is 408 g/mol. The second-order valence-corrected chi connectivity index (χ2v) is 10.8. The molecule has 0 spiro atoms. The number of amides is 1. The van der Waals surface area contributed by atoms with Crippen molar-refractivity contribution >= 4 is 39.9 Å². The van der Waals surface area contributed by atoms with Crippen LogP contribution in [0, 0.1) is 30.1 Å². The Labute approximate surface area is 177 Å². The number of hydrogen-bond donors (Lipinski definition) is 1. The topological polar surface area (TPSA) is 94.1 Å². The molecule has 0 bridgehead atoms. The third-order valence-electron chi connectivity index (χ3n) is 7.24. The molecule has 5 rings (SSSR count). The normalized spacial score (nSPS) is 35.4. The van der Waals surface area contributed by atoms with Crippen LogP contribution in [0.3, 0.4) is 0 Å². The van der Waals surface area contributed by atoms with Crippen LogP contribution in [0.4, 0.5) is 5.13 Å². The molecule has 29 heavy (non-hydrogen) atoms. The van der Waals surface area contributed by atoms with Gasteiger partial charge < -0.3 is 4.74 Å². The minimum atomic E-state index is -0.210. The summed E-state index contributed by atoms with van der Waals surface area (Å²) in [5.41, 5.74) is 1.76. The third-order valence-corrected chi connectivity index (χ3v) is 9.05. The number of nitrogens with one attached hydrogen (secondary N) is 1. The summed E-state index contributed by atoms with van der Waals surface area (Å²) in [6, 6.07) is 0. The molecule has 3 heterocycles. The van der Waals surface area contributed by atoms with Crippen LogP contribution in [0.5, 0.6) is 0 Å². The Kier molecular flexibility index (Phi) is 4.33. The monoisotopic (exact) mass is 432 g/mol. The SMILES string of the molecule is Cc1nnsc1C(=O)Nc1nc2c(s1)C[C@@]1(C)CC[C@@H]3[C@H](OC(=O)[C@H]3C)[C@H]1[C@@H]2C. The van der Waals surface area contributed by atoms with Gasteiger partial charge in [-0.2, -0.15) is 0 Å². The molecule has 1 N–H and O–H groups in total. The van der Waals surface area contributed by atoms with E-state index >= 15 is 0 Å². The summed E-state index contributed by atoms with van der Waals surface area (Å²) in [7, 11) is 0. The lowest BCUT2D eigenvalue weighted by molar-refractivity contribution is -0.149. The summed E-state index contributed by atoms with van der Waals surface area (Å²) in [4.78, 5) is 31.3. The smallest absolute Gasteiger partial charge is 0.309 e. The van der Waals surface area contributed by atoms with E-state index in [4.69, 9.17) is 9.72 Å². The maximum absolute atomic E-state index is 12.6. The fourth-order valence-corrected chi connectivity index (χ4v) is 7.54.